The van der Waals surface area contributed by atoms with Crippen molar-refractivity contribution in [1.82, 2.24) is 9.62 Å². The van der Waals surface area contributed by atoms with Gasteiger partial charge in [-0.05, 0) is 75.6 Å². The third kappa shape index (κ3) is 4.28. The fourth-order valence-corrected chi connectivity index (χ4v) is 6.67. The van der Waals surface area contributed by atoms with Crippen LogP contribution in [0.4, 0.5) is 0 Å². The van der Waals surface area contributed by atoms with Gasteiger partial charge in [-0.2, -0.15) is 4.31 Å². The Morgan fingerprint density at radius 1 is 0.929 bits per heavy atom. The molecule has 28 heavy (non-hydrogen) atoms. The van der Waals surface area contributed by atoms with Crippen LogP contribution in [-0.4, -0.2) is 37.8 Å². The Morgan fingerprint density at radius 3 is 2.00 bits per heavy atom. The average Bonchev–Trinajstić information content (AvgIpc) is 2.67. The summed E-state index contributed by atoms with van der Waals surface area (Å²) >= 11 is 0. The van der Waals surface area contributed by atoms with Crippen LogP contribution >= 0.6 is 0 Å². The van der Waals surface area contributed by atoms with Crippen molar-refractivity contribution in [3.63, 3.8) is 0 Å². The van der Waals surface area contributed by atoms with Gasteiger partial charge in [0.2, 0.25) is 15.9 Å². The number of amides is 1. The minimum Gasteiger partial charge on any atom is -0.353 e. The number of nitrogens with zero attached hydrogens (tertiary/aromatic N) is 1. The summed E-state index contributed by atoms with van der Waals surface area (Å²) in [5, 5.41) is 3.20. The molecule has 1 amide bonds. The molecule has 0 spiro atoms. The van der Waals surface area contributed by atoms with E-state index in [9.17, 15) is 13.2 Å². The van der Waals surface area contributed by atoms with Gasteiger partial charge in [0.15, 0.2) is 0 Å². The number of benzene rings is 1. The van der Waals surface area contributed by atoms with Crippen LogP contribution in [0.3, 0.4) is 0 Å². The lowest BCUT2D eigenvalue weighted by molar-refractivity contribution is -0.127. The number of nitrogens with one attached hydrogen (secondary N) is 1. The van der Waals surface area contributed by atoms with Crippen LogP contribution in [0.25, 0.3) is 0 Å². The standard InChI is InChI=1S/C22H34N2O3S/c1-15-14-16(2)18(4)21(17(15)3)28(26,27)24-12-10-19(11-13-24)22(25)23-20-8-6-5-7-9-20/h14,19-20H,5-13H2,1-4H3,(H,23,25). The molecule has 1 saturated carbocycles. The number of hydrogen-bond donors (Lipinski definition) is 1. The van der Waals surface area contributed by atoms with E-state index in [0.717, 1.165) is 35.1 Å². The number of rotatable bonds is 4. The molecule has 0 bridgehead atoms. The predicted molar refractivity (Wildman–Crippen MR) is 112 cm³/mol. The third-order valence-electron chi connectivity index (χ3n) is 6.67. The van der Waals surface area contributed by atoms with Crippen molar-refractivity contribution in [2.45, 2.75) is 83.6 Å². The van der Waals surface area contributed by atoms with Crippen LogP contribution in [0.2, 0.25) is 0 Å². The molecule has 6 heteroatoms. The van der Waals surface area contributed by atoms with Crippen LogP contribution in [0.15, 0.2) is 11.0 Å². The highest BCUT2D eigenvalue weighted by atomic mass is 32.2. The number of hydrogen-bond acceptors (Lipinski definition) is 3. The molecule has 5 nitrogen and oxygen atoms in total. The van der Waals surface area contributed by atoms with Gasteiger partial charge in [0, 0.05) is 25.0 Å². The molecule has 1 aliphatic heterocycles. The molecule has 0 aromatic heterocycles. The summed E-state index contributed by atoms with van der Waals surface area (Å²) in [5.74, 6) is 0.0394. The van der Waals surface area contributed by atoms with E-state index in [2.05, 4.69) is 5.32 Å². The molecule has 1 heterocycles. The normalized spacial score (nSPS) is 20.3. The molecule has 3 rings (SSSR count). The van der Waals surface area contributed by atoms with Crippen LogP contribution in [0.1, 0.15) is 67.2 Å². The van der Waals surface area contributed by atoms with E-state index < -0.39 is 10.0 Å². The molecule has 1 aliphatic carbocycles. The van der Waals surface area contributed by atoms with Gasteiger partial charge in [-0.1, -0.05) is 25.3 Å². The summed E-state index contributed by atoms with van der Waals surface area (Å²) in [5.41, 5.74) is 3.67. The summed E-state index contributed by atoms with van der Waals surface area (Å²) in [6.07, 6.45) is 6.99. The van der Waals surface area contributed by atoms with Crippen molar-refractivity contribution >= 4 is 15.9 Å². The molecule has 1 aromatic carbocycles. The van der Waals surface area contributed by atoms with Crippen molar-refractivity contribution in [3.8, 4) is 0 Å². The number of carbonyl (C=O) groups excluding carboxylic acids is 1. The fraction of sp³-hybridized carbons (Fsp3) is 0.682. The Hall–Kier alpha value is -1.40. The van der Waals surface area contributed by atoms with E-state index in [0.29, 0.717) is 36.9 Å². The minimum atomic E-state index is -3.54. The summed E-state index contributed by atoms with van der Waals surface area (Å²) in [4.78, 5) is 13.1. The Labute approximate surface area is 169 Å². The number of sulfonamides is 1. The van der Waals surface area contributed by atoms with Crippen molar-refractivity contribution in [3.05, 3.63) is 28.3 Å². The molecule has 0 unspecified atom stereocenters. The van der Waals surface area contributed by atoms with Crippen molar-refractivity contribution in [1.29, 1.82) is 0 Å². The second kappa shape index (κ2) is 8.54. The van der Waals surface area contributed by atoms with Gasteiger partial charge in [0.1, 0.15) is 0 Å². The summed E-state index contributed by atoms with van der Waals surface area (Å²) in [7, 11) is -3.54. The van der Waals surface area contributed by atoms with E-state index in [4.69, 9.17) is 0 Å². The fourth-order valence-electron chi connectivity index (χ4n) is 4.62. The second-order valence-corrected chi connectivity index (χ2v) is 10.5. The Balaban J connectivity index is 1.68. The molecule has 156 valence electrons. The van der Waals surface area contributed by atoms with Crippen molar-refractivity contribution in [2.75, 3.05) is 13.1 Å². The van der Waals surface area contributed by atoms with E-state index >= 15 is 0 Å². The highest BCUT2D eigenvalue weighted by molar-refractivity contribution is 7.89. The average molecular weight is 407 g/mol. The highest BCUT2D eigenvalue weighted by Gasteiger charge is 2.34. The Morgan fingerprint density at radius 2 is 1.46 bits per heavy atom. The van der Waals surface area contributed by atoms with Gasteiger partial charge < -0.3 is 5.32 Å². The van der Waals surface area contributed by atoms with E-state index in [1.165, 1.54) is 19.3 Å². The minimum absolute atomic E-state index is 0.0742. The molecule has 1 aromatic rings. The zero-order valence-electron chi connectivity index (χ0n) is 17.7. The summed E-state index contributed by atoms with van der Waals surface area (Å²) < 4.78 is 28.3. The van der Waals surface area contributed by atoms with Gasteiger partial charge in [0.05, 0.1) is 4.90 Å². The molecule has 2 aliphatic rings. The van der Waals surface area contributed by atoms with Crippen molar-refractivity contribution < 1.29 is 13.2 Å². The maximum atomic E-state index is 13.4. The van der Waals surface area contributed by atoms with Gasteiger partial charge in [-0.3, -0.25) is 4.79 Å². The van der Waals surface area contributed by atoms with Crippen LogP contribution in [0, 0.1) is 33.6 Å². The zero-order valence-corrected chi connectivity index (χ0v) is 18.5. The third-order valence-corrected chi connectivity index (χ3v) is 8.84. The van der Waals surface area contributed by atoms with E-state index in [1.807, 2.05) is 33.8 Å². The number of piperidine rings is 1. The van der Waals surface area contributed by atoms with Crippen LogP contribution < -0.4 is 5.32 Å². The topological polar surface area (TPSA) is 66.5 Å². The van der Waals surface area contributed by atoms with Gasteiger partial charge >= 0.3 is 0 Å². The molecular weight excluding hydrogens is 372 g/mol. The molecule has 2 fully saturated rings. The summed E-state index contributed by atoms with van der Waals surface area (Å²) in [6.45, 7) is 8.53. The lowest BCUT2D eigenvalue weighted by Gasteiger charge is -2.33. The SMILES string of the molecule is Cc1cc(C)c(C)c(S(=O)(=O)N2CCC(C(=O)NC3CCCCC3)CC2)c1C. The van der Waals surface area contributed by atoms with E-state index in [1.54, 1.807) is 4.31 Å². The first-order valence-electron chi connectivity index (χ1n) is 10.6. The van der Waals surface area contributed by atoms with Crippen LogP contribution in [-0.2, 0) is 14.8 Å². The molecule has 0 radical (unpaired) electrons. The quantitative estimate of drug-likeness (QED) is 0.828. The molecular formula is C22H34N2O3S. The Kier molecular flexibility index (Phi) is 6.50. The van der Waals surface area contributed by atoms with Gasteiger partial charge in [-0.25, -0.2) is 8.42 Å². The first kappa shape index (κ1) is 21.3. The van der Waals surface area contributed by atoms with Crippen LogP contribution in [0.5, 0.6) is 0 Å². The zero-order chi connectivity index (χ0) is 20.5. The largest absolute Gasteiger partial charge is 0.353 e. The summed E-state index contributed by atoms with van der Waals surface area (Å²) in [6, 6.07) is 2.36. The molecule has 0 atom stereocenters. The maximum absolute atomic E-state index is 13.4. The van der Waals surface area contributed by atoms with Gasteiger partial charge in [-0.15, -0.1) is 0 Å². The monoisotopic (exact) mass is 406 g/mol. The first-order chi connectivity index (χ1) is 13.2. The van der Waals surface area contributed by atoms with E-state index in [-0.39, 0.29) is 11.8 Å². The number of aryl methyl sites for hydroxylation is 2. The Bertz CT molecular complexity index is 808. The smallest absolute Gasteiger partial charge is 0.243 e. The highest BCUT2D eigenvalue weighted by Crippen LogP contribution is 2.31. The number of carbonyl (C=O) groups is 1. The lowest BCUT2D eigenvalue weighted by atomic mass is 9.93. The maximum Gasteiger partial charge on any atom is 0.243 e. The predicted octanol–water partition coefficient (Wildman–Crippen LogP) is 3.77. The van der Waals surface area contributed by atoms with Crippen molar-refractivity contribution in [2.24, 2.45) is 5.92 Å². The lowest BCUT2D eigenvalue weighted by Crippen LogP contribution is -2.45. The van der Waals surface area contributed by atoms with Gasteiger partial charge in [0.25, 0.3) is 0 Å². The molecule has 1 saturated heterocycles. The first-order valence-corrected chi connectivity index (χ1v) is 12.0. The molecule has 1 N–H and O–H groups in total. The second-order valence-electron chi connectivity index (χ2n) is 8.61.